The molecule has 1 rings (SSSR count). The largest absolute Gasteiger partial charge is 0.445 e. The first-order chi connectivity index (χ1) is 10.3. The number of rotatable bonds is 8. The van der Waals surface area contributed by atoms with Gasteiger partial charge in [-0.3, -0.25) is 4.79 Å². The molecule has 1 atom stereocenters. The lowest BCUT2D eigenvalue weighted by atomic mass is 9.81. The van der Waals surface area contributed by atoms with Crippen LogP contribution in [0.3, 0.4) is 0 Å². The lowest BCUT2D eigenvalue weighted by molar-refractivity contribution is -0.119. The van der Waals surface area contributed by atoms with Gasteiger partial charge in [0.2, 0.25) is 0 Å². The molecule has 0 radical (unpaired) electrons. The summed E-state index contributed by atoms with van der Waals surface area (Å²) in [7, 11) is 0. The molecule has 0 bridgehead atoms. The van der Waals surface area contributed by atoms with Crippen molar-refractivity contribution in [3.05, 3.63) is 35.9 Å². The summed E-state index contributed by atoms with van der Waals surface area (Å²) in [6, 6.07) is 8.97. The van der Waals surface area contributed by atoms with E-state index in [0.29, 0.717) is 6.42 Å². The highest BCUT2D eigenvalue weighted by atomic mass is 16.5. The Kier molecular flexibility index (Phi) is 7.09. The van der Waals surface area contributed by atoms with Crippen LogP contribution in [0.15, 0.2) is 30.3 Å². The van der Waals surface area contributed by atoms with Crippen LogP contribution in [0.25, 0.3) is 0 Å². The van der Waals surface area contributed by atoms with Gasteiger partial charge in [-0.15, -0.1) is 0 Å². The van der Waals surface area contributed by atoms with Crippen LogP contribution in [0.5, 0.6) is 0 Å². The molecule has 1 unspecified atom stereocenters. The van der Waals surface area contributed by atoms with Crippen molar-refractivity contribution in [3.63, 3.8) is 0 Å². The zero-order valence-electron chi connectivity index (χ0n) is 14.0. The van der Waals surface area contributed by atoms with Gasteiger partial charge in [-0.2, -0.15) is 0 Å². The summed E-state index contributed by atoms with van der Waals surface area (Å²) in [4.78, 5) is 23.7. The van der Waals surface area contributed by atoms with Crippen molar-refractivity contribution in [3.8, 4) is 0 Å². The SMILES string of the molecule is CCCC(C)(C)CC(NC(=O)OCc1ccccc1)C(C)=O. The molecule has 0 saturated heterocycles. The molecular weight excluding hydrogens is 278 g/mol. The Labute approximate surface area is 133 Å². The Bertz CT molecular complexity index is 482. The molecule has 122 valence electrons. The number of benzene rings is 1. The lowest BCUT2D eigenvalue weighted by Gasteiger charge is -2.28. The summed E-state index contributed by atoms with van der Waals surface area (Å²) in [5, 5.41) is 2.69. The predicted octanol–water partition coefficient (Wildman–Crippen LogP) is 4.09. The molecule has 4 nitrogen and oxygen atoms in total. The second kappa shape index (κ2) is 8.57. The van der Waals surface area contributed by atoms with Crippen molar-refractivity contribution >= 4 is 11.9 Å². The molecule has 0 spiro atoms. The van der Waals surface area contributed by atoms with E-state index in [9.17, 15) is 9.59 Å². The van der Waals surface area contributed by atoms with Gasteiger partial charge < -0.3 is 10.1 Å². The van der Waals surface area contributed by atoms with Gasteiger partial charge in [0.05, 0.1) is 6.04 Å². The monoisotopic (exact) mass is 305 g/mol. The number of carbonyl (C=O) groups excluding carboxylic acids is 2. The van der Waals surface area contributed by atoms with Gasteiger partial charge in [-0.05, 0) is 30.7 Å². The molecule has 4 heteroatoms. The number of alkyl carbamates (subject to hydrolysis) is 1. The molecule has 0 aliphatic heterocycles. The standard InChI is InChI=1S/C18H27NO3/c1-5-11-18(3,4)12-16(14(2)20)19-17(21)22-13-15-9-7-6-8-10-15/h6-10,16H,5,11-13H2,1-4H3,(H,19,21). The molecule has 22 heavy (non-hydrogen) atoms. The highest BCUT2D eigenvalue weighted by molar-refractivity contribution is 5.85. The molecule has 1 aromatic carbocycles. The number of nitrogens with one attached hydrogen (secondary N) is 1. The third kappa shape index (κ3) is 6.74. The molecule has 1 aromatic rings. The van der Waals surface area contributed by atoms with E-state index in [1.165, 1.54) is 6.92 Å². The van der Waals surface area contributed by atoms with Crippen molar-refractivity contribution in [1.29, 1.82) is 0 Å². The molecule has 0 aliphatic rings. The van der Waals surface area contributed by atoms with Crippen LogP contribution in [0, 0.1) is 5.41 Å². The Morgan fingerprint density at radius 2 is 1.86 bits per heavy atom. The van der Waals surface area contributed by atoms with Crippen LogP contribution < -0.4 is 5.32 Å². The summed E-state index contributed by atoms with van der Waals surface area (Å²) in [5.74, 6) is -0.0409. The van der Waals surface area contributed by atoms with E-state index in [0.717, 1.165) is 18.4 Å². The molecule has 0 aromatic heterocycles. The maximum absolute atomic E-state index is 11.9. The number of Topliss-reactive ketones (excluding diaryl/α,β-unsaturated/α-hetero) is 1. The maximum atomic E-state index is 11.9. The topological polar surface area (TPSA) is 55.4 Å². The highest BCUT2D eigenvalue weighted by Crippen LogP contribution is 2.28. The molecule has 0 fully saturated rings. The zero-order chi connectivity index (χ0) is 16.6. The zero-order valence-corrected chi connectivity index (χ0v) is 14.0. The number of hydrogen-bond acceptors (Lipinski definition) is 3. The van der Waals surface area contributed by atoms with Gasteiger partial charge in [0.25, 0.3) is 0 Å². The highest BCUT2D eigenvalue weighted by Gasteiger charge is 2.27. The number of carbonyl (C=O) groups is 2. The Hall–Kier alpha value is -1.84. The van der Waals surface area contributed by atoms with Crippen LogP contribution >= 0.6 is 0 Å². The van der Waals surface area contributed by atoms with E-state index < -0.39 is 12.1 Å². The minimum atomic E-state index is -0.545. The van der Waals surface area contributed by atoms with Crippen LogP contribution in [0.1, 0.15) is 52.5 Å². The molecule has 0 aliphatic carbocycles. The summed E-state index contributed by atoms with van der Waals surface area (Å²) in [6.45, 7) is 8.05. The normalized spacial score (nSPS) is 12.5. The van der Waals surface area contributed by atoms with Crippen LogP contribution in [0.2, 0.25) is 0 Å². The summed E-state index contributed by atoms with van der Waals surface area (Å²) in [5.41, 5.74) is 0.931. The molecule has 1 N–H and O–H groups in total. The number of hydrogen-bond donors (Lipinski definition) is 1. The second-order valence-corrected chi connectivity index (χ2v) is 6.49. The lowest BCUT2D eigenvalue weighted by Crippen LogP contribution is -2.42. The van der Waals surface area contributed by atoms with E-state index in [2.05, 4.69) is 26.1 Å². The van der Waals surface area contributed by atoms with Crippen LogP contribution in [-0.4, -0.2) is 17.9 Å². The minimum Gasteiger partial charge on any atom is -0.445 e. The van der Waals surface area contributed by atoms with Crippen molar-refractivity contribution in [1.82, 2.24) is 5.32 Å². The fourth-order valence-electron chi connectivity index (χ4n) is 2.53. The Morgan fingerprint density at radius 3 is 2.41 bits per heavy atom. The van der Waals surface area contributed by atoms with Gasteiger partial charge in [-0.1, -0.05) is 57.5 Å². The summed E-state index contributed by atoms with van der Waals surface area (Å²) < 4.78 is 5.18. The van der Waals surface area contributed by atoms with Crippen LogP contribution in [0.4, 0.5) is 4.79 Å². The number of ketones is 1. The Morgan fingerprint density at radius 1 is 1.23 bits per heavy atom. The van der Waals surface area contributed by atoms with Gasteiger partial charge in [0.1, 0.15) is 6.61 Å². The van der Waals surface area contributed by atoms with Crippen molar-refractivity contribution in [2.24, 2.45) is 5.41 Å². The van der Waals surface area contributed by atoms with Crippen molar-refractivity contribution < 1.29 is 14.3 Å². The first kappa shape index (κ1) is 18.2. The van der Waals surface area contributed by atoms with Gasteiger partial charge in [-0.25, -0.2) is 4.79 Å². The van der Waals surface area contributed by atoms with Crippen molar-refractivity contribution in [2.45, 2.75) is 59.6 Å². The van der Waals surface area contributed by atoms with E-state index in [1.54, 1.807) is 0 Å². The predicted molar refractivity (Wildman–Crippen MR) is 87.5 cm³/mol. The first-order valence-corrected chi connectivity index (χ1v) is 7.82. The Balaban J connectivity index is 2.52. The molecular formula is C18H27NO3. The van der Waals surface area contributed by atoms with Crippen LogP contribution in [-0.2, 0) is 16.1 Å². The number of ether oxygens (including phenoxy) is 1. The third-order valence-corrected chi connectivity index (χ3v) is 3.68. The van der Waals surface area contributed by atoms with E-state index in [1.807, 2.05) is 30.3 Å². The van der Waals surface area contributed by atoms with Gasteiger partial charge in [0, 0.05) is 0 Å². The molecule has 0 heterocycles. The van der Waals surface area contributed by atoms with Crippen molar-refractivity contribution in [2.75, 3.05) is 0 Å². The maximum Gasteiger partial charge on any atom is 0.408 e. The fourth-order valence-corrected chi connectivity index (χ4v) is 2.53. The fraction of sp³-hybridized carbons (Fsp3) is 0.556. The smallest absolute Gasteiger partial charge is 0.408 e. The molecule has 0 saturated carbocycles. The first-order valence-electron chi connectivity index (χ1n) is 7.82. The second-order valence-electron chi connectivity index (χ2n) is 6.49. The minimum absolute atomic E-state index is 0.0117. The average Bonchev–Trinajstić information content (AvgIpc) is 2.45. The quantitative estimate of drug-likeness (QED) is 0.787. The van der Waals surface area contributed by atoms with Gasteiger partial charge in [0.15, 0.2) is 5.78 Å². The molecule has 1 amide bonds. The van der Waals surface area contributed by atoms with E-state index in [-0.39, 0.29) is 17.8 Å². The van der Waals surface area contributed by atoms with Gasteiger partial charge >= 0.3 is 6.09 Å². The average molecular weight is 305 g/mol. The summed E-state index contributed by atoms with van der Waals surface area (Å²) >= 11 is 0. The number of amides is 1. The summed E-state index contributed by atoms with van der Waals surface area (Å²) in [6.07, 6.45) is 2.14. The van der Waals surface area contributed by atoms with E-state index >= 15 is 0 Å². The van der Waals surface area contributed by atoms with E-state index in [4.69, 9.17) is 4.74 Å². The third-order valence-electron chi connectivity index (χ3n) is 3.68.